The Morgan fingerprint density at radius 1 is 1.25 bits per heavy atom. The van der Waals surface area contributed by atoms with E-state index >= 15 is 0 Å². The Morgan fingerprint density at radius 2 is 1.94 bits per heavy atom. The van der Waals surface area contributed by atoms with Gasteiger partial charge in [-0.15, -0.1) is 0 Å². The Hall–Kier alpha value is -1.32. The zero-order valence-corrected chi connectivity index (χ0v) is 10.7. The maximum Gasteiger partial charge on any atom is 0.132 e. The van der Waals surface area contributed by atoms with Gasteiger partial charge in [-0.2, -0.15) is 0 Å². The number of anilines is 2. The van der Waals surface area contributed by atoms with Gasteiger partial charge in [0.2, 0.25) is 0 Å². The minimum Gasteiger partial charge on any atom is -0.370 e. The van der Waals surface area contributed by atoms with E-state index < -0.39 is 0 Å². The molecule has 0 aliphatic carbocycles. The molecular formula is C12H22N4. The van der Waals surface area contributed by atoms with Gasteiger partial charge in [-0.1, -0.05) is 13.8 Å². The highest BCUT2D eigenvalue weighted by Crippen LogP contribution is 2.12. The van der Waals surface area contributed by atoms with Crippen LogP contribution in [-0.2, 0) is 0 Å². The number of hydrogen-bond donors (Lipinski definition) is 2. The smallest absolute Gasteiger partial charge is 0.132 e. The van der Waals surface area contributed by atoms with Crippen LogP contribution >= 0.6 is 0 Å². The number of nitrogens with one attached hydrogen (secondary N) is 2. The second-order valence-electron chi connectivity index (χ2n) is 4.07. The Balaban J connectivity index is 2.73. The molecular weight excluding hydrogens is 200 g/mol. The number of rotatable bonds is 6. The highest BCUT2D eigenvalue weighted by Gasteiger charge is 2.03. The lowest BCUT2D eigenvalue weighted by molar-refractivity contribution is 0.757. The van der Waals surface area contributed by atoms with Crippen LogP contribution in [0.4, 0.5) is 11.6 Å². The zero-order valence-electron chi connectivity index (χ0n) is 10.7. The van der Waals surface area contributed by atoms with Crippen molar-refractivity contribution in [2.45, 2.75) is 46.6 Å². The first-order chi connectivity index (χ1) is 7.65. The SMILES string of the molecule is CCCNc1cc(NC(C)CC)nc(C)n1. The maximum absolute atomic E-state index is 4.37. The molecule has 16 heavy (non-hydrogen) atoms. The molecule has 1 unspecified atom stereocenters. The third-order valence-corrected chi connectivity index (χ3v) is 2.40. The molecule has 1 aromatic rings. The van der Waals surface area contributed by atoms with Gasteiger partial charge in [-0.05, 0) is 26.7 Å². The van der Waals surface area contributed by atoms with Crippen LogP contribution in [0.1, 0.15) is 39.4 Å². The summed E-state index contributed by atoms with van der Waals surface area (Å²) in [5.74, 6) is 2.60. The Kier molecular flexibility index (Phi) is 5.02. The molecule has 1 aromatic heterocycles. The fraction of sp³-hybridized carbons (Fsp3) is 0.667. The molecule has 90 valence electrons. The highest BCUT2D eigenvalue weighted by molar-refractivity contribution is 5.47. The predicted octanol–water partition coefficient (Wildman–Crippen LogP) is 2.82. The standard InChI is InChI=1S/C12H22N4/c1-5-7-13-11-8-12(14-9(3)6-2)16-10(4)15-11/h8-9H,5-7H2,1-4H3,(H2,13,14,15,16). The van der Waals surface area contributed by atoms with Crippen molar-refractivity contribution >= 4 is 11.6 Å². The van der Waals surface area contributed by atoms with Gasteiger partial charge in [0.1, 0.15) is 17.5 Å². The van der Waals surface area contributed by atoms with Gasteiger partial charge in [0.25, 0.3) is 0 Å². The van der Waals surface area contributed by atoms with Gasteiger partial charge in [-0.25, -0.2) is 9.97 Å². The summed E-state index contributed by atoms with van der Waals surface area (Å²) >= 11 is 0. The monoisotopic (exact) mass is 222 g/mol. The minimum absolute atomic E-state index is 0.438. The first kappa shape index (κ1) is 12.7. The summed E-state index contributed by atoms with van der Waals surface area (Å²) in [6.45, 7) is 9.30. The second-order valence-corrected chi connectivity index (χ2v) is 4.07. The van der Waals surface area contributed by atoms with E-state index in [4.69, 9.17) is 0 Å². The van der Waals surface area contributed by atoms with Crippen LogP contribution in [0, 0.1) is 6.92 Å². The first-order valence-electron chi connectivity index (χ1n) is 6.01. The first-order valence-corrected chi connectivity index (χ1v) is 6.01. The Bertz CT molecular complexity index is 325. The van der Waals surface area contributed by atoms with E-state index in [9.17, 15) is 0 Å². The molecule has 0 aromatic carbocycles. The van der Waals surface area contributed by atoms with Crippen molar-refractivity contribution in [2.75, 3.05) is 17.2 Å². The summed E-state index contributed by atoms with van der Waals surface area (Å²) in [5, 5.41) is 6.63. The molecule has 0 amide bonds. The zero-order chi connectivity index (χ0) is 12.0. The highest BCUT2D eigenvalue weighted by atomic mass is 15.1. The van der Waals surface area contributed by atoms with E-state index in [1.165, 1.54) is 0 Å². The van der Waals surface area contributed by atoms with Gasteiger partial charge in [0.15, 0.2) is 0 Å². The van der Waals surface area contributed by atoms with Gasteiger partial charge < -0.3 is 10.6 Å². The van der Waals surface area contributed by atoms with E-state index in [0.29, 0.717) is 6.04 Å². The van der Waals surface area contributed by atoms with Gasteiger partial charge in [0, 0.05) is 18.7 Å². The largest absolute Gasteiger partial charge is 0.370 e. The second kappa shape index (κ2) is 6.30. The molecule has 0 spiro atoms. The predicted molar refractivity (Wildman–Crippen MR) is 68.9 cm³/mol. The molecule has 0 fully saturated rings. The van der Waals surface area contributed by atoms with Crippen LogP contribution in [0.2, 0.25) is 0 Å². The Morgan fingerprint density at radius 3 is 2.56 bits per heavy atom. The summed E-state index contributed by atoms with van der Waals surface area (Å²) < 4.78 is 0. The van der Waals surface area contributed by atoms with Crippen molar-refractivity contribution in [3.8, 4) is 0 Å². The Labute approximate surface area is 97.9 Å². The topological polar surface area (TPSA) is 49.8 Å². The number of aromatic nitrogens is 2. The third kappa shape index (κ3) is 4.04. The van der Waals surface area contributed by atoms with E-state index in [1.54, 1.807) is 0 Å². The normalized spacial score (nSPS) is 12.2. The van der Waals surface area contributed by atoms with Crippen molar-refractivity contribution in [2.24, 2.45) is 0 Å². The molecule has 0 bridgehead atoms. The molecule has 4 nitrogen and oxygen atoms in total. The maximum atomic E-state index is 4.37. The quantitative estimate of drug-likeness (QED) is 0.777. The van der Waals surface area contributed by atoms with Crippen LogP contribution in [0.3, 0.4) is 0 Å². The fourth-order valence-electron chi connectivity index (χ4n) is 1.34. The summed E-state index contributed by atoms with van der Waals surface area (Å²) in [7, 11) is 0. The van der Waals surface area contributed by atoms with Crippen molar-refractivity contribution in [3.63, 3.8) is 0 Å². The molecule has 1 atom stereocenters. The van der Waals surface area contributed by atoms with E-state index in [2.05, 4.69) is 41.4 Å². The van der Waals surface area contributed by atoms with Crippen molar-refractivity contribution < 1.29 is 0 Å². The van der Waals surface area contributed by atoms with Gasteiger partial charge >= 0.3 is 0 Å². The number of aryl methyl sites for hydroxylation is 1. The third-order valence-electron chi connectivity index (χ3n) is 2.40. The summed E-state index contributed by atoms with van der Waals surface area (Å²) in [6.07, 6.45) is 2.18. The van der Waals surface area contributed by atoms with Crippen LogP contribution in [-0.4, -0.2) is 22.6 Å². The van der Waals surface area contributed by atoms with E-state index in [0.717, 1.165) is 36.8 Å². The minimum atomic E-state index is 0.438. The molecule has 1 heterocycles. The number of nitrogens with zero attached hydrogens (tertiary/aromatic N) is 2. The molecule has 0 saturated heterocycles. The van der Waals surface area contributed by atoms with Gasteiger partial charge in [-0.3, -0.25) is 0 Å². The molecule has 0 aliphatic rings. The summed E-state index contributed by atoms with van der Waals surface area (Å²) in [5.41, 5.74) is 0. The average Bonchev–Trinajstić information content (AvgIpc) is 2.25. The number of hydrogen-bond acceptors (Lipinski definition) is 4. The van der Waals surface area contributed by atoms with E-state index in [1.807, 2.05) is 13.0 Å². The fourth-order valence-corrected chi connectivity index (χ4v) is 1.34. The molecule has 0 radical (unpaired) electrons. The van der Waals surface area contributed by atoms with Crippen molar-refractivity contribution in [1.29, 1.82) is 0 Å². The lowest BCUT2D eigenvalue weighted by Gasteiger charge is -2.13. The van der Waals surface area contributed by atoms with Crippen LogP contribution in [0.15, 0.2) is 6.07 Å². The van der Waals surface area contributed by atoms with Crippen LogP contribution in [0.25, 0.3) is 0 Å². The average molecular weight is 222 g/mol. The lowest BCUT2D eigenvalue weighted by Crippen LogP contribution is -2.15. The van der Waals surface area contributed by atoms with Gasteiger partial charge in [0.05, 0.1) is 0 Å². The van der Waals surface area contributed by atoms with Crippen LogP contribution in [0.5, 0.6) is 0 Å². The molecule has 2 N–H and O–H groups in total. The van der Waals surface area contributed by atoms with Crippen LogP contribution < -0.4 is 10.6 Å². The molecule has 0 saturated carbocycles. The van der Waals surface area contributed by atoms with E-state index in [-0.39, 0.29) is 0 Å². The lowest BCUT2D eigenvalue weighted by atomic mass is 10.2. The molecule has 1 rings (SSSR count). The molecule has 0 aliphatic heterocycles. The van der Waals surface area contributed by atoms with Crippen molar-refractivity contribution in [1.82, 2.24) is 9.97 Å². The summed E-state index contributed by atoms with van der Waals surface area (Å²) in [4.78, 5) is 8.71. The summed E-state index contributed by atoms with van der Waals surface area (Å²) in [6, 6.07) is 2.41. The molecule has 4 heteroatoms. The van der Waals surface area contributed by atoms with Crippen molar-refractivity contribution in [3.05, 3.63) is 11.9 Å².